The molecule has 3 heterocycles. The van der Waals surface area contributed by atoms with Gasteiger partial charge in [-0.15, -0.1) is 0 Å². The molecule has 0 atom stereocenters. The Balaban J connectivity index is 2.09. The molecule has 1 aromatic carbocycles. The Kier molecular flexibility index (Phi) is 5.70. The number of carbonyl (C=O) groups is 1. The highest BCUT2D eigenvalue weighted by molar-refractivity contribution is 7.71. The molecule has 0 fully saturated rings. The molecule has 0 bridgehead atoms. The van der Waals surface area contributed by atoms with Crippen LogP contribution in [0, 0.1) is 9.54 Å². The van der Waals surface area contributed by atoms with E-state index in [1.165, 1.54) is 7.11 Å². The average molecular weight is 473 g/mol. The highest BCUT2D eigenvalue weighted by atomic mass is 32.1. The Hall–Kier alpha value is -3.31. The number of aromatic amines is 2. The number of Topliss-reactive ketones (excluding diaryl/α,β-unsaturated/α-hetero) is 1. The summed E-state index contributed by atoms with van der Waals surface area (Å²) in [6.07, 6.45) is 0. The monoisotopic (exact) mass is 472 g/mol. The van der Waals surface area contributed by atoms with Crippen LogP contribution in [0.4, 0.5) is 0 Å². The molecule has 1 aliphatic rings. The minimum absolute atomic E-state index is 0.0269. The Morgan fingerprint density at radius 1 is 0.969 bits per heavy atom. The lowest BCUT2D eigenvalue weighted by Crippen LogP contribution is -2.36. The topological polar surface area (TPSA) is 111 Å². The molecule has 11 heteroatoms. The van der Waals surface area contributed by atoms with Gasteiger partial charge in [-0.25, -0.2) is 0 Å². The third kappa shape index (κ3) is 3.33. The van der Waals surface area contributed by atoms with E-state index in [4.69, 9.17) is 33.9 Å². The van der Waals surface area contributed by atoms with Gasteiger partial charge in [0.1, 0.15) is 5.75 Å². The molecule has 1 aliphatic heterocycles. The fourth-order valence-corrected chi connectivity index (χ4v) is 4.47. The minimum Gasteiger partial charge on any atom is -0.497 e. The Morgan fingerprint density at radius 3 is 1.84 bits per heavy atom. The summed E-state index contributed by atoms with van der Waals surface area (Å²) in [5.41, 5.74) is -0.809. The number of fused-ring (bicyclic) bond motifs is 2. The van der Waals surface area contributed by atoms with E-state index in [-0.39, 0.29) is 32.4 Å². The van der Waals surface area contributed by atoms with Crippen molar-refractivity contribution < 1.29 is 14.3 Å². The van der Waals surface area contributed by atoms with Crippen LogP contribution in [0.5, 0.6) is 17.5 Å². The average Bonchev–Trinajstić information content (AvgIpc) is 2.77. The summed E-state index contributed by atoms with van der Waals surface area (Å²) in [5.74, 6) is -0.819. The lowest BCUT2D eigenvalue weighted by Gasteiger charge is -2.29. The number of ether oxygens (including phenoxy) is 2. The normalized spacial score (nSPS) is 12.6. The zero-order chi connectivity index (χ0) is 23.2. The fraction of sp³-hybridized carbons (Fsp3) is 0.286. The molecule has 0 aliphatic carbocycles. The molecule has 4 rings (SSSR count). The van der Waals surface area contributed by atoms with Gasteiger partial charge in [0.05, 0.1) is 24.2 Å². The fourth-order valence-electron chi connectivity index (χ4n) is 3.86. The molecule has 0 radical (unpaired) electrons. The molecular formula is C21H20N4O5S2. The van der Waals surface area contributed by atoms with Gasteiger partial charge in [0, 0.05) is 18.7 Å². The van der Waals surface area contributed by atoms with Crippen molar-refractivity contribution >= 4 is 30.2 Å². The van der Waals surface area contributed by atoms with Crippen molar-refractivity contribution in [2.75, 3.05) is 7.11 Å². The number of methoxy groups -OCH3 is 1. The van der Waals surface area contributed by atoms with Gasteiger partial charge in [-0.2, -0.15) is 0 Å². The Morgan fingerprint density at radius 2 is 1.44 bits per heavy atom. The van der Waals surface area contributed by atoms with Crippen LogP contribution in [0.3, 0.4) is 0 Å². The van der Waals surface area contributed by atoms with E-state index >= 15 is 0 Å². The summed E-state index contributed by atoms with van der Waals surface area (Å²) in [6.45, 7) is 4.43. The number of ketones is 1. The van der Waals surface area contributed by atoms with Gasteiger partial charge in [-0.05, 0) is 62.5 Å². The van der Waals surface area contributed by atoms with Gasteiger partial charge in [0.25, 0.3) is 11.1 Å². The number of rotatable bonds is 5. The Labute approximate surface area is 192 Å². The number of H-pyrrole nitrogens is 2. The standard InChI is InChI=1S/C21H20N4O5S2/c1-4-24-18-13(16(27)22-20(24)31)12(15(26)10-6-8-11(29-3)9-7-10)14-17(28)23-21(32)25(5-2)19(14)30-18/h6-9,12H,4-5H2,1-3H3,(H,22,27,31)(H,23,28,32). The van der Waals surface area contributed by atoms with Crippen molar-refractivity contribution in [2.24, 2.45) is 0 Å². The van der Waals surface area contributed by atoms with E-state index < -0.39 is 22.8 Å². The third-order valence-electron chi connectivity index (χ3n) is 5.41. The Bertz CT molecular complexity index is 1380. The quantitative estimate of drug-likeness (QED) is 0.433. The van der Waals surface area contributed by atoms with Crippen LogP contribution in [0.2, 0.25) is 0 Å². The van der Waals surface area contributed by atoms with Crippen LogP contribution >= 0.6 is 24.4 Å². The maximum absolute atomic E-state index is 13.7. The molecule has 2 aromatic heterocycles. The zero-order valence-electron chi connectivity index (χ0n) is 17.6. The van der Waals surface area contributed by atoms with Crippen molar-refractivity contribution in [1.82, 2.24) is 19.1 Å². The second kappa shape index (κ2) is 8.32. The molecular weight excluding hydrogens is 452 g/mol. The van der Waals surface area contributed by atoms with Gasteiger partial charge in [-0.1, -0.05) is 0 Å². The number of carbonyl (C=O) groups excluding carboxylic acids is 1. The van der Waals surface area contributed by atoms with Gasteiger partial charge < -0.3 is 9.47 Å². The van der Waals surface area contributed by atoms with Crippen molar-refractivity contribution in [1.29, 1.82) is 0 Å². The van der Waals surface area contributed by atoms with Crippen LogP contribution in [0.25, 0.3) is 0 Å². The molecule has 0 saturated carbocycles. The number of nitrogens with one attached hydrogen (secondary N) is 2. The van der Waals surface area contributed by atoms with E-state index in [0.29, 0.717) is 24.4 Å². The van der Waals surface area contributed by atoms with Gasteiger partial charge in [0.15, 0.2) is 15.3 Å². The number of benzene rings is 1. The smallest absolute Gasteiger partial charge is 0.259 e. The molecule has 0 spiro atoms. The SMILES string of the molecule is CCn1c2c(c(=O)[nH]c1=S)C(C(=O)c1ccc(OC)cc1)c1c(n(CC)c(=S)[nH]c1=O)O2. The summed E-state index contributed by atoms with van der Waals surface area (Å²) in [6, 6.07) is 6.45. The van der Waals surface area contributed by atoms with E-state index in [9.17, 15) is 14.4 Å². The molecule has 0 unspecified atom stereocenters. The molecule has 9 nitrogen and oxygen atoms in total. The summed E-state index contributed by atoms with van der Waals surface area (Å²) >= 11 is 10.6. The van der Waals surface area contributed by atoms with Gasteiger partial charge >= 0.3 is 0 Å². The summed E-state index contributed by atoms with van der Waals surface area (Å²) in [7, 11) is 1.52. The van der Waals surface area contributed by atoms with E-state index in [1.54, 1.807) is 33.4 Å². The first kappa shape index (κ1) is 21.9. The van der Waals surface area contributed by atoms with Gasteiger partial charge in [-0.3, -0.25) is 33.5 Å². The molecule has 166 valence electrons. The molecule has 3 aromatic rings. The van der Waals surface area contributed by atoms with Crippen LogP contribution in [0.15, 0.2) is 33.9 Å². The maximum atomic E-state index is 13.7. The number of hydrogen-bond donors (Lipinski definition) is 2. The first-order chi connectivity index (χ1) is 15.3. The summed E-state index contributed by atoms with van der Waals surface area (Å²) in [5, 5.41) is 0. The van der Waals surface area contributed by atoms with Gasteiger partial charge in [0.2, 0.25) is 11.8 Å². The molecule has 2 N–H and O–H groups in total. The third-order valence-corrected chi connectivity index (χ3v) is 6.06. The molecule has 0 saturated heterocycles. The van der Waals surface area contributed by atoms with Crippen LogP contribution in [0.1, 0.15) is 41.3 Å². The van der Waals surface area contributed by atoms with E-state index in [2.05, 4.69) is 9.97 Å². The van der Waals surface area contributed by atoms with E-state index in [0.717, 1.165) is 0 Å². The number of aromatic nitrogens is 4. The van der Waals surface area contributed by atoms with E-state index in [1.807, 2.05) is 13.8 Å². The predicted octanol–water partition coefficient (Wildman–Crippen LogP) is 3.29. The number of hydrogen-bond acceptors (Lipinski definition) is 7. The predicted molar refractivity (Wildman–Crippen MR) is 122 cm³/mol. The first-order valence-electron chi connectivity index (χ1n) is 9.92. The highest BCUT2D eigenvalue weighted by Crippen LogP contribution is 2.42. The highest BCUT2D eigenvalue weighted by Gasteiger charge is 2.41. The van der Waals surface area contributed by atoms with Crippen LogP contribution < -0.4 is 20.6 Å². The van der Waals surface area contributed by atoms with Crippen LogP contribution in [-0.2, 0) is 13.1 Å². The lowest BCUT2D eigenvalue weighted by atomic mass is 9.85. The zero-order valence-corrected chi connectivity index (χ0v) is 19.2. The second-order valence-electron chi connectivity index (χ2n) is 7.07. The first-order valence-corrected chi connectivity index (χ1v) is 10.7. The van der Waals surface area contributed by atoms with Crippen molar-refractivity contribution in [3.63, 3.8) is 0 Å². The summed E-state index contributed by atoms with van der Waals surface area (Å²) in [4.78, 5) is 44.9. The largest absolute Gasteiger partial charge is 0.497 e. The lowest BCUT2D eigenvalue weighted by molar-refractivity contribution is 0.0966. The maximum Gasteiger partial charge on any atom is 0.259 e. The summed E-state index contributed by atoms with van der Waals surface area (Å²) < 4.78 is 14.7. The van der Waals surface area contributed by atoms with Crippen molar-refractivity contribution in [3.8, 4) is 17.5 Å². The second-order valence-corrected chi connectivity index (χ2v) is 7.85. The van der Waals surface area contributed by atoms with Crippen molar-refractivity contribution in [2.45, 2.75) is 32.9 Å². The van der Waals surface area contributed by atoms with Crippen molar-refractivity contribution in [3.05, 3.63) is 71.2 Å². The number of nitrogens with zero attached hydrogens (tertiary/aromatic N) is 2. The minimum atomic E-state index is -1.21. The molecule has 32 heavy (non-hydrogen) atoms. The molecule has 0 amide bonds. The van der Waals surface area contributed by atoms with Crippen LogP contribution in [-0.4, -0.2) is 32.0 Å².